The summed E-state index contributed by atoms with van der Waals surface area (Å²) in [5, 5.41) is 32.7. The van der Waals surface area contributed by atoms with Gasteiger partial charge >= 0.3 is 0 Å². The van der Waals surface area contributed by atoms with E-state index in [0.717, 1.165) is 0 Å². The van der Waals surface area contributed by atoms with Crippen molar-refractivity contribution in [1.82, 2.24) is 19.7 Å². The Morgan fingerprint density at radius 3 is 3.04 bits per heavy atom. The number of H-pyrrole nitrogens is 1. The van der Waals surface area contributed by atoms with Crippen LogP contribution in [0.5, 0.6) is 0 Å². The number of aromatic amines is 1. The van der Waals surface area contributed by atoms with Crippen LogP contribution in [0.1, 0.15) is 25.3 Å². The highest BCUT2D eigenvalue weighted by molar-refractivity contribution is 5.80. The maximum absolute atomic E-state index is 12.0. The first-order valence-electron chi connectivity index (χ1n) is 7.11. The Morgan fingerprint density at radius 2 is 2.39 bits per heavy atom. The Balaban J connectivity index is 2.11. The second-order valence-electron chi connectivity index (χ2n) is 5.28. The van der Waals surface area contributed by atoms with Gasteiger partial charge in [-0.2, -0.15) is 5.10 Å². The molecule has 2 aromatic heterocycles. The first-order chi connectivity index (χ1) is 11.0. The molecule has 9 nitrogen and oxygen atoms in total. The van der Waals surface area contributed by atoms with Gasteiger partial charge in [-0.05, 0) is 12.8 Å². The van der Waals surface area contributed by atoms with Crippen molar-refractivity contribution < 1.29 is 20.1 Å². The van der Waals surface area contributed by atoms with Crippen molar-refractivity contribution in [3.05, 3.63) is 22.4 Å². The molecule has 1 fully saturated rings. The minimum absolute atomic E-state index is 0.167. The van der Waals surface area contributed by atoms with Gasteiger partial charge in [0.25, 0.3) is 5.56 Å². The monoisotopic (exact) mass is 320 g/mol. The predicted octanol–water partition coefficient (Wildman–Crippen LogP) is -1.51. The third-order valence-electron chi connectivity index (χ3n) is 3.55. The second-order valence-corrected chi connectivity index (χ2v) is 5.28. The molecular formula is C14H16N4O5. The van der Waals surface area contributed by atoms with Crippen LogP contribution in [0.3, 0.4) is 0 Å². The fourth-order valence-corrected chi connectivity index (χ4v) is 2.47. The Labute approximate surface area is 130 Å². The number of aromatic nitrogens is 4. The van der Waals surface area contributed by atoms with E-state index in [2.05, 4.69) is 26.9 Å². The maximum atomic E-state index is 12.0. The van der Waals surface area contributed by atoms with E-state index in [9.17, 15) is 20.1 Å². The average molecular weight is 320 g/mol. The minimum Gasteiger partial charge on any atom is -0.394 e. The number of hydrogen-bond donors (Lipinski definition) is 4. The summed E-state index contributed by atoms with van der Waals surface area (Å²) in [5.74, 6) is 5.18. The molecule has 3 rings (SSSR count). The molecule has 1 aliphatic heterocycles. The van der Waals surface area contributed by atoms with Gasteiger partial charge in [0, 0.05) is 6.42 Å². The lowest BCUT2D eigenvalue weighted by molar-refractivity contribution is -0.0470. The molecule has 9 heteroatoms. The van der Waals surface area contributed by atoms with Crippen molar-refractivity contribution in [2.75, 3.05) is 6.61 Å². The fraction of sp³-hybridized carbons (Fsp3) is 0.500. The van der Waals surface area contributed by atoms with Gasteiger partial charge < -0.3 is 25.0 Å². The first kappa shape index (κ1) is 15.6. The van der Waals surface area contributed by atoms with E-state index in [4.69, 9.17) is 4.74 Å². The lowest BCUT2D eigenvalue weighted by Gasteiger charge is -2.12. The standard InChI is InChI=1S/C14H16N4O5/c1-7(20)2-3-8-12-13(15-6-16-14(12)22)18(17-8)11-4-9(21)10(5-19)23-11/h6-7,9-11,19-21H,4-5H2,1H3,(H,15,16,22)/t7?,9-,10+,11+/m0/s1. The smallest absolute Gasteiger partial charge is 0.263 e. The van der Waals surface area contributed by atoms with Crippen molar-refractivity contribution in [2.45, 2.75) is 37.9 Å². The highest BCUT2D eigenvalue weighted by Gasteiger charge is 2.36. The summed E-state index contributed by atoms with van der Waals surface area (Å²) in [4.78, 5) is 18.6. The second kappa shape index (κ2) is 6.10. The van der Waals surface area contributed by atoms with Crippen LogP contribution in [0.15, 0.2) is 11.1 Å². The lowest BCUT2D eigenvalue weighted by Crippen LogP contribution is -2.24. The quantitative estimate of drug-likeness (QED) is 0.494. The minimum atomic E-state index is -0.866. The van der Waals surface area contributed by atoms with Gasteiger partial charge in [-0.3, -0.25) is 4.79 Å². The zero-order valence-corrected chi connectivity index (χ0v) is 12.3. The number of nitrogens with one attached hydrogen (secondary N) is 1. The Bertz CT molecular complexity index is 831. The zero-order valence-electron chi connectivity index (χ0n) is 12.3. The van der Waals surface area contributed by atoms with Crippen LogP contribution in [-0.4, -0.2) is 60.0 Å². The number of ether oxygens (including phenoxy) is 1. The van der Waals surface area contributed by atoms with Gasteiger partial charge in [0.2, 0.25) is 0 Å². The molecule has 0 radical (unpaired) electrons. The molecule has 1 aliphatic rings. The molecule has 0 bridgehead atoms. The molecule has 4 N–H and O–H groups in total. The van der Waals surface area contributed by atoms with Gasteiger partial charge in [0.1, 0.15) is 17.6 Å². The lowest BCUT2D eigenvalue weighted by atomic mass is 10.2. The molecule has 0 aliphatic carbocycles. The van der Waals surface area contributed by atoms with E-state index < -0.39 is 30.1 Å². The number of rotatable bonds is 2. The summed E-state index contributed by atoms with van der Waals surface area (Å²) in [6.45, 7) is 1.18. The van der Waals surface area contributed by atoms with Crippen LogP contribution in [0.25, 0.3) is 11.0 Å². The van der Waals surface area contributed by atoms with E-state index in [1.165, 1.54) is 17.9 Å². The highest BCUT2D eigenvalue weighted by Crippen LogP contribution is 2.30. The van der Waals surface area contributed by atoms with Crippen molar-refractivity contribution in [3.63, 3.8) is 0 Å². The van der Waals surface area contributed by atoms with E-state index in [0.29, 0.717) is 0 Å². The van der Waals surface area contributed by atoms with Crippen molar-refractivity contribution >= 4 is 11.0 Å². The zero-order chi connectivity index (χ0) is 16.6. The number of nitrogens with zero attached hydrogens (tertiary/aromatic N) is 3. The molecule has 0 saturated carbocycles. The number of hydrogen-bond acceptors (Lipinski definition) is 7. The number of aliphatic hydroxyl groups excluding tert-OH is 3. The molecular weight excluding hydrogens is 304 g/mol. The van der Waals surface area contributed by atoms with Crippen LogP contribution in [0.4, 0.5) is 0 Å². The van der Waals surface area contributed by atoms with Crippen LogP contribution in [0.2, 0.25) is 0 Å². The van der Waals surface area contributed by atoms with Gasteiger partial charge in [0.05, 0.1) is 19.0 Å². The van der Waals surface area contributed by atoms with E-state index in [-0.39, 0.29) is 29.8 Å². The largest absolute Gasteiger partial charge is 0.394 e. The molecule has 0 aromatic carbocycles. The Kier molecular flexibility index (Phi) is 4.14. The SMILES string of the molecule is CC(O)C#Cc1nn([C@H]2C[C@H](O)[C@@H](CO)O2)c2nc[nH]c(=O)c12. The van der Waals surface area contributed by atoms with Crippen LogP contribution in [0, 0.1) is 11.8 Å². The summed E-state index contributed by atoms with van der Waals surface area (Å²) in [5.41, 5.74) is 0.0219. The fourth-order valence-electron chi connectivity index (χ4n) is 2.47. The van der Waals surface area contributed by atoms with Crippen molar-refractivity contribution in [3.8, 4) is 11.8 Å². The summed E-state index contributed by atoms with van der Waals surface area (Å²) in [6, 6.07) is 0. The third-order valence-corrected chi connectivity index (χ3v) is 3.55. The topological polar surface area (TPSA) is 133 Å². The highest BCUT2D eigenvalue weighted by atomic mass is 16.5. The van der Waals surface area contributed by atoms with E-state index >= 15 is 0 Å². The normalized spacial score (nSPS) is 25.3. The molecule has 3 heterocycles. The van der Waals surface area contributed by atoms with Crippen LogP contribution < -0.4 is 5.56 Å². The Hall–Kier alpha value is -2.25. The summed E-state index contributed by atoms with van der Waals surface area (Å²) in [7, 11) is 0. The Morgan fingerprint density at radius 1 is 1.61 bits per heavy atom. The van der Waals surface area contributed by atoms with Gasteiger partial charge in [-0.15, -0.1) is 0 Å². The number of fused-ring (bicyclic) bond motifs is 1. The van der Waals surface area contributed by atoms with Crippen LogP contribution >= 0.6 is 0 Å². The van der Waals surface area contributed by atoms with Crippen molar-refractivity contribution in [1.29, 1.82) is 0 Å². The molecule has 2 aromatic rings. The van der Waals surface area contributed by atoms with Gasteiger partial charge in [-0.1, -0.05) is 5.92 Å². The first-order valence-corrected chi connectivity index (χ1v) is 7.11. The van der Waals surface area contributed by atoms with Crippen molar-refractivity contribution in [2.24, 2.45) is 0 Å². The van der Waals surface area contributed by atoms with E-state index in [1.807, 2.05) is 0 Å². The molecule has 23 heavy (non-hydrogen) atoms. The molecule has 122 valence electrons. The predicted molar refractivity (Wildman–Crippen MR) is 78.3 cm³/mol. The summed E-state index contributed by atoms with van der Waals surface area (Å²) < 4.78 is 6.92. The third kappa shape index (κ3) is 2.85. The summed E-state index contributed by atoms with van der Waals surface area (Å²) in [6.07, 6.45) is -1.63. The van der Waals surface area contributed by atoms with E-state index in [1.54, 1.807) is 0 Å². The van der Waals surface area contributed by atoms with Gasteiger partial charge in [0.15, 0.2) is 17.6 Å². The molecule has 1 unspecified atom stereocenters. The molecule has 4 atom stereocenters. The molecule has 0 spiro atoms. The molecule has 0 amide bonds. The molecule has 1 saturated heterocycles. The number of aliphatic hydroxyl groups is 3. The summed E-state index contributed by atoms with van der Waals surface area (Å²) >= 11 is 0. The average Bonchev–Trinajstić information content (AvgIpc) is 3.06. The van der Waals surface area contributed by atoms with Gasteiger partial charge in [-0.25, -0.2) is 9.67 Å². The maximum Gasteiger partial charge on any atom is 0.263 e. The van der Waals surface area contributed by atoms with Crippen LogP contribution in [-0.2, 0) is 4.74 Å².